The Labute approximate surface area is 295 Å². The predicted molar refractivity (Wildman–Crippen MR) is 169 cm³/mol. The molecular formula is C33H42O19. The van der Waals surface area contributed by atoms with E-state index in [9.17, 15) is 61.0 Å². The van der Waals surface area contributed by atoms with Crippen molar-refractivity contribution in [3.63, 3.8) is 0 Å². The molecule has 52 heavy (non-hydrogen) atoms. The molecule has 0 radical (unpaired) electrons. The quantitative estimate of drug-likeness (QED) is 0.0524. The zero-order valence-corrected chi connectivity index (χ0v) is 27.5. The lowest BCUT2D eigenvalue weighted by Crippen LogP contribution is -2.64. The zero-order chi connectivity index (χ0) is 37.8. The number of carbonyl (C=O) groups is 1. The lowest BCUT2D eigenvalue weighted by molar-refractivity contribution is -0.357. The van der Waals surface area contributed by atoms with Crippen molar-refractivity contribution in [1.82, 2.24) is 0 Å². The van der Waals surface area contributed by atoms with E-state index in [1.165, 1.54) is 36.4 Å². The van der Waals surface area contributed by atoms with Crippen LogP contribution in [-0.2, 0) is 44.4 Å². The first kappa shape index (κ1) is 39.5. The summed E-state index contributed by atoms with van der Waals surface area (Å²) in [6, 6.07) is 7.80. The van der Waals surface area contributed by atoms with Crippen molar-refractivity contribution < 1.29 is 94.1 Å². The van der Waals surface area contributed by atoms with Crippen LogP contribution in [0.1, 0.15) is 11.1 Å². The Kier molecular flexibility index (Phi) is 12.6. The van der Waals surface area contributed by atoms with E-state index in [-0.39, 0.29) is 30.1 Å². The molecule has 0 aromatic heterocycles. The van der Waals surface area contributed by atoms with Crippen molar-refractivity contribution in [3.05, 3.63) is 53.6 Å². The number of ether oxygens (including phenoxy) is 7. The Bertz CT molecular complexity index is 1560. The van der Waals surface area contributed by atoms with E-state index in [2.05, 4.69) is 0 Å². The zero-order valence-electron chi connectivity index (χ0n) is 27.5. The van der Waals surface area contributed by atoms with Gasteiger partial charge >= 0.3 is 5.97 Å². The molecule has 288 valence electrons. The van der Waals surface area contributed by atoms with Crippen LogP contribution in [0.5, 0.6) is 23.0 Å². The Morgan fingerprint density at radius 2 is 1.35 bits per heavy atom. The maximum atomic E-state index is 13.2. The summed E-state index contributed by atoms with van der Waals surface area (Å²) in [6.07, 6.45) is -12.8. The second-order valence-electron chi connectivity index (χ2n) is 12.6. The molecule has 3 saturated heterocycles. The van der Waals surface area contributed by atoms with Gasteiger partial charge in [-0.05, 0) is 47.9 Å². The minimum Gasteiger partial charge on any atom is -0.504 e. The van der Waals surface area contributed by atoms with Gasteiger partial charge in [-0.1, -0.05) is 12.1 Å². The van der Waals surface area contributed by atoms with Crippen molar-refractivity contribution in [1.29, 1.82) is 0 Å². The van der Waals surface area contributed by atoms with Gasteiger partial charge in [-0.25, -0.2) is 4.79 Å². The second-order valence-corrected chi connectivity index (χ2v) is 12.6. The van der Waals surface area contributed by atoms with E-state index in [0.29, 0.717) is 5.56 Å². The molecule has 3 fully saturated rings. The Morgan fingerprint density at radius 1 is 0.769 bits per heavy atom. The highest BCUT2D eigenvalue weighted by molar-refractivity contribution is 5.87. The van der Waals surface area contributed by atoms with Gasteiger partial charge in [0.05, 0.1) is 39.6 Å². The van der Waals surface area contributed by atoms with Crippen LogP contribution in [-0.4, -0.2) is 168 Å². The summed E-state index contributed by atoms with van der Waals surface area (Å²) in [5.74, 6) is -2.64. The van der Waals surface area contributed by atoms with E-state index >= 15 is 0 Å². The van der Waals surface area contributed by atoms with Crippen LogP contribution >= 0.6 is 0 Å². The number of hydrogen-bond acceptors (Lipinski definition) is 19. The third kappa shape index (κ3) is 8.58. The summed E-state index contributed by atoms with van der Waals surface area (Å²) in [7, 11) is 0. The van der Waals surface area contributed by atoms with Crippen LogP contribution in [0.4, 0.5) is 0 Å². The number of hydrogen-bond donors (Lipinski definition) is 11. The van der Waals surface area contributed by atoms with Crippen molar-refractivity contribution in [2.75, 3.05) is 39.6 Å². The van der Waals surface area contributed by atoms with Gasteiger partial charge in [-0.3, -0.25) is 0 Å². The number of aliphatic hydroxyl groups is 7. The van der Waals surface area contributed by atoms with Gasteiger partial charge in [0.1, 0.15) is 41.7 Å². The van der Waals surface area contributed by atoms with E-state index in [1.54, 1.807) is 0 Å². The second kappa shape index (κ2) is 16.6. The molecule has 0 aliphatic carbocycles. The smallest absolute Gasteiger partial charge is 0.331 e. The first-order chi connectivity index (χ1) is 24.7. The van der Waals surface area contributed by atoms with Gasteiger partial charge in [0.2, 0.25) is 0 Å². The molecule has 0 spiro atoms. The molecule has 3 aliphatic rings. The molecule has 3 heterocycles. The van der Waals surface area contributed by atoms with Gasteiger partial charge in [0, 0.05) is 6.08 Å². The summed E-state index contributed by atoms with van der Waals surface area (Å²) < 4.78 is 40.5. The largest absolute Gasteiger partial charge is 0.504 e. The molecule has 0 bridgehead atoms. The number of rotatable bonds is 14. The number of aromatic hydroxyl groups is 4. The van der Waals surface area contributed by atoms with Crippen LogP contribution in [0.2, 0.25) is 0 Å². The van der Waals surface area contributed by atoms with Crippen molar-refractivity contribution in [2.45, 2.75) is 73.1 Å². The van der Waals surface area contributed by atoms with Crippen molar-refractivity contribution in [2.24, 2.45) is 0 Å². The molecular weight excluding hydrogens is 700 g/mol. The highest BCUT2D eigenvalue weighted by Gasteiger charge is 2.57. The van der Waals surface area contributed by atoms with Gasteiger partial charge < -0.3 is 89.3 Å². The molecule has 0 saturated carbocycles. The first-order valence-corrected chi connectivity index (χ1v) is 16.1. The Morgan fingerprint density at radius 3 is 1.88 bits per heavy atom. The standard InChI is InChI=1S/C33H42O19/c34-11-22-24(50-23(41)6-3-16-1-4-18(37)20(39)9-16)25(51-30-27(42)32(44,12-35)14-47-30)26(52-31-28(43)33(45,13-36)15-48-31)29(49-22)46-8-7-17-2-5-19(38)21(40)10-17/h1-6,9-10,22,24-31,34-40,42-45H,7-8,11-15H2/t22-,24-,25+,26-,27+,28+,29-,30+,31+,32+,33+/m1/s1. The molecule has 2 aromatic rings. The molecule has 5 rings (SSSR count). The van der Waals surface area contributed by atoms with Gasteiger partial charge in [0.15, 0.2) is 48.0 Å². The average Bonchev–Trinajstić information content (AvgIpc) is 3.58. The summed E-state index contributed by atoms with van der Waals surface area (Å²) in [5, 5.41) is 112. The lowest BCUT2D eigenvalue weighted by atomic mass is 9.96. The van der Waals surface area contributed by atoms with E-state index in [1.807, 2.05) is 0 Å². The van der Waals surface area contributed by atoms with Gasteiger partial charge in [0.25, 0.3) is 0 Å². The highest BCUT2D eigenvalue weighted by atomic mass is 16.8. The fourth-order valence-electron chi connectivity index (χ4n) is 5.73. The molecule has 19 heteroatoms. The highest BCUT2D eigenvalue weighted by Crippen LogP contribution is 2.37. The van der Waals surface area contributed by atoms with Crippen molar-refractivity contribution in [3.8, 4) is 23.0 Å². The summed E-state index contributed by atoms with van der Waals surface area (Å²) in [6.45, 7) is -4.02. The maximum absolute atomic E-state index is 13.2. The monoisotopic (exact) mass is 742 g/mol. The van der Waals surface area contributed by atoms with E-state index in [4.69, 9.17) is 33.2 Å². The average molecular weight is 743 g/mol. The van der Waals surface area contributed by atoms with E-state index < -0.39 is 117 Å². The number of phenols is 4. The Hall–Kier alpha value is -3.67. The van der Waals surface area contributed by atoms with Gasteiger partial charge in [-0.2, -0.15) is 0 Å². The fraction of sp³-hybridized carbons (Fsp3) is 0.545. The summed E-state index contributed by atoms with van der Waals surface area (Å²) >= 11 is 0. The number of phenolic OH excluding ortho intramolecular Hbond substituents is 4. The third-order valence-corrected chi connectivity index (χ3v) is 8.89. The molecule has 11 N–H and O–H groups in total. The number of esters is 1. The Balaban J connectivity index is 1.46. The number of benzene rings is 2. The normalized spacial score (nSPS) is 34.9. The van der Waals surface area contributed by atoms with Gasteiger partial charge in [-0.15, -0.1) is 0 Å². The molecule has 3 aliphatic heterocycles. The molecule has 11 atom stereocenters. The van der Waals surface area contributed by atoms with E-state index in [0.717, 1.165) is 12.1 Å². The maximum Gasteiger partial charge on any atom is 0.331 e. The lowest BCUT2D eigenvalue weighted by Gasteiger charge is -2.46. The molecule has 0 unspecified atom stereocenters. The molecule has 19 nitrogen and oxygen atoms in total. The fourth-order valence-corrected chi connectivity index (χ4v) is 5.73. The molecule has 2 aromatic carbocycles. The van der Waals surface area contributed by atoms with Crippen LogP contribution in [0.25, 0.3) is 6.08 Å². The predicted octanol–water partition coefficient (Wildman–Crippen LogP) is -2.94. The minimum absolute atomic E-state index is 0.118. The first-order valence-electron chi connectivity index (χ1n) is 16.1. The van der Waals surface area contributed by atoms with Crippen LogP contribution in [0, 0.1) is 0 Å². The van der Waals surface area contributed by atoms with Crippen LogP contribution < -0.4 is 0 Å². The summed E-state index contributed by atoms with van der Waals surface area (Å²) in [4.78, 5) is 13.2. The SMILES string of the molecule is O=C(C=Cc1ccc(O)c(O)c1)O[C@H]1[C@H](O[C@@H]2OC[C@@](O)(CO)[C@H]2O)[C@@H](O[C@@H]2OC[C@@](O)(CO)[C@H]2O)[C@H](OCCc2ccc(O)c(O)c2)O[C@@H]1CO. The van der Waals surface area contributed by atoms with Crippen LogP contribution in [0.15, 0.2) is 42.5 Å². The number of aliphatic hydroxyl groups excluding tert-OH is 5. The topological polar surface area (TPSA) is 304 Å². The number of carbonyl (C=O) groups excluding carboxylic acids is 1. The third-order valence-electron chi connectivity index (χ3n) is 8.89. The minimum atomic E-state index is -2.17. The van der Waals surface area contributed by atoms with Crippen molar-refractivity contribution >= 4 is 12.0 Å². The van der Waals surface area contributed by atoms with Crippen LogP contribution in [0.3, 0.4) is 0 Å². The molecule has 0 amide bonds. The summed E-state index contributed by atoms with van der Waals surface area (Å²) in [5.41, 5.74) is -3.52.